The Labute approximate surface area is 149 Å². The average Bonchev–Trinajstić information content (AvgIpc) is 3.01. The predicted molar refractivity (Wildman–Crippen MR) is 100 cm³/mol. The van der Waals surface area contributed by atoms with E-state index >= 15 is 0 Å². The molecule has 0 unspecified atom stereocenters. The smallest absolute Gasteiger partial charge is 0.251 e. The Bertz CT molecular complexity index is 1020. The number of hydrogen-bond acceptors (Lipinski definition) is 5. The fraction of sp³-hybridized carbons (Fsp3) is 0.389. The number of hydrogen-bond donors (Lipinski definition) is 4. The van der Waals surface area contributed by atoms with Gasteiger partial charge in [0, 0.05) is 24.9 Å². The third kappa shape index (κ3) is 2.97. The van der Waals surface area contributed by atoms with Crippen LogP contribution >= 0.6 is 0 Å². The van der Waals surface area contributed by atoms with Gasteiger partial charge in [-0.15, -0.1) is 0 Å². The second kappa shape index (κ2) is 6.89. The first-order valence-corrected chi connectivity index (χ1v) is 8.92. The normalized spacial score (nSPS) is 15.6. The Kier molecular flexibility index (Phi) is 4.44. The van der Waals surface area contributed by atoms with Crippen molar-refractivity contribution < 1.29 is 4.79 Å². The number of aromatic amines is 1. The zero-order valence-corrected chi connectivity index (χ0v) is 14.4. The summed E-state index contributed by atoms with van der Waals surface area (Å²) in [5.41, 5.74) is 8.20. The SMILES string of the molecule is NCCC(=O)Nc1cccc2nn3c(C4CCNCC4)cc(=O)[nH]c3c12. The molecule has 1 amide bonds. The van der Waals surface area contributed by atoms with Crippen molar-refractivity contribution in [1.82, 2.24) is 19.9 Å². The summed E-state index contributed by atoms with van der Waals surface area (Å²) in [6, 6.07) is 7.18. The molecule has 1 aliphatic rings. The van der Waals surface area contributed by atoms with Gasteiger partial charge in [-0.25, -0.2) is 4.52 Å². The fourth-order valence-corrected chi connectivity index (χ4v) is 3.64. The number of benzene rings is 1. The van der Waals surface area contributed by atoms with E-state index in [1.54, 1.807) is 6.07 Å². The first-order chi connectivity index (χ1) is 12.7. The van der Waals surface area contributed by atoms with Gasteiger partial charge in [0.25, 0.3) is 5.56 Å². The Balaban J connectivity index is 1.89. The highest BCUT2D eigenvalue weighted by molar-refractivity contribution is 6.07. The summed E-state index contributed by atoms with van der Waals surface area (Å²) in [6.07, 6.45) is 2.18. The number of H-pyrrole nitrogens is 1. The third-order valence-electron chi connectivity index (χ3n) is 4.87. The number of piperidine rings is 1. The Morgan fingerprint density at radius 1 is 1.35 bits per heavy atom. The number of nitrogens with one attached hydrogen (secondary N) is 3. The van der Waals surface area contributed by atoms with Crippen molar-refractivity contribution in [3.63, 3.8) is 0 Å². The number of fused-ring (bicyclic) bond motifs is 3. The largest absolute Gasteiger partial charge is 0.330 e. The van der Waals surface area contributed by atoms with Crippen molar-refractivity contribution in [2.24, 2.45) is 5.73 Å². The minimum atomic E-state index is -0.157. The number of nitrogens with zero attached hydrogens (tertiary/aromatic N) is 2. The first kappa shape index (κ1) is 16.7. The topological polar surface area (TPSA) is 117 Å². The highest BCUT2D eigenvalue weighted by atomic mass is 16.1. The number of rotatable bonds is 4. The quantitative estimate of drug-likeness (QED) is 0.556. The molecule has 0 atom stereocenters. The number of anilines is 1. The van der Waals surface area contributed by atoms with Crippen LogP contribution in [0.3, 0.4) is 0 Å². The van der Waals surface area contributed by atoms with Crippen LogP contribution in [0.15, 0.2) is 29.1 Å². The van der Waals surface area contributed by atoms with Gasteiger partial charge in [-0.3, -0.25) is 9.59 Å². The molecule has 0 bridgehead atoms. The Hall–Kier alpha value is -2.71. The standard InChI is InChI=1S/C18H22N6O2/c19-7-4-15(25)21-12-2-1-3-13-17(12)18-22-16(26)10-14(24(18)23-13)11-5-8-20-9-6-11/h1-3,10-11,20H,4-9,19H2,(H,21,25)(H,22,26). The van der Waals surface area contributed by atoms with E-state index < -0.39 is 0 Å². The van der Waals surface area contributed by atoms with Crippen molar-refractivity contribution in [2.45, 2.75) is 25.2 Å². The van der Waals surface area contributed by atoms with Crippen LogP contribution in [-0.2, 0) is 4.79 Å². The van der Waals surface area contributed by atoms with Gasteiger partial charge >= 0.3 is 0 Å². The molecule has 0 saturated carbocycles. The molecule has 8 nitrogen and oxygen atoms in total. The van der Waals surface area contributed by atoms with Gasteiger partial charge in [0.05, 0.1) is 22.3 Å². The summed E-state index contributed by atoms with van der Waals surface area (Å²) in [4.78, 5) is 27.2. The van der Waals surface area contributed by atoms with Gasteiger partial charge < -0.3 is 21.4 Å². The molecular weight excluding hydrogens is 332 g/mol. The highest BCUT2D eigenvalue weighted by Crippen LogP contribution is 2.30. The van der Waals surface area contributed by atoms with Crippen LogP contribution in [0.2, 0.25) is 0 Å². The van der Waals surface area contributed by atoms with Crippen molar-refractivity contribution >= 4 is 28.1 Å². The van der Waals surface area contributed by atoms with E-state index in [0.29, 0.717) is 11.3 Å². The molecule has 1 aliphatic heterocycles. The number of amides is 1. The second-order valence-corrected chi connectivity index (χ2v) is 6.63. The Morgan fingerprint density at radius 3 is 2.92 bits per heavy atom. The first-order valence-electron chi connectivity index (χ1n) is 8.92. The summed E-state index contributed by atoms with van der Waals surface area (Å²) in [6.45, 7) is 2.15. The van der Waals surface area contributed by atoms with E-state index in [0.717, 1.165) is 42.5 Å². The lowest BCUT2D eigenvalue weighted by atomic mass is 9.94. The van der Waals surface area contributed by atoms with Gasteiger partial charge in [0.1, 0.15) is 5.65 Å². The van der Waals surface area contributed by atoms with E-state index in [2.05, 4.69) is 15.6 Å². The van der Waals surface area contributed by atoms with Crippen LogP contribution < -0.4 is 21.9 Å². The highest BCUT2D eigenvalue weighted by Gasteiger charge is 2.21. The molecule has 0 radical (unpaired) electrons. The number of carbonyl (C=O) groups is 1. The molecule has 26 heavy (non-hydrogen) atoms. The zero-order valence-electron chi connectivity index (χ0n) is 14.4. The van der Waals surface area contributed by atoms with Gasteiger partial charge in [0.2, 0.25) is 5.91 Å². The van der Waals surface area contributed by atoms with Crippen LogP contribution in [0, 0.1) is 0 Å². The summed E-state index contributed by atoms with van der Waals surface area (Å²) in [7, 11) is 0. The summed E-state index contributed by atoms with van der Waals surface area (Å²) < 4.78 is 1.82. The molecule has 3 aromatic rings. The second-order valence-electron chi connectivity index (χ2n) is 6.63. The fourth-order valence-electron chi connectivity index (χ4n) is 3.64. The third-order valence-corrected chi connectivity index (χ3v) is 4.87. The molecule has 8 heteroatoms. The van der Waals surface area contributed by atoms with E-state index in [9.17, 15) is 9.59 Å². The van der Waals surface area contributed by atoms with Crippen molar-refractivity contribution in [2.75, 3.05) is 25.0 Å². The maximum absolute atomic E-state index is 12.3. The molecule has 1 aromatic carbocycles. The number of nitrogens with two attached hydrogens (primary N) is 1. The van der Waals surface area contributed by atoms with Crippen LogP contribution in [-0.4, -0.2) is 40.1 Å². The molecule has 0 spiro atoms. The molecular formula is C18H22N6O2. The van der Waals surface area contributed by atoms with Crippen molar-refractivity contribution in [3.05, 3.63) is 40.3 Å². The molecule has 0 aliphatic carbocycles. The van der Waals surface area contributed by atoms with Crippen molar-refractivity contribution in [3.8, 4) is 0 Å². The number of carbonyl (C=O) groups excluding carboxylic acids is 1. The summed E-state index contributed by atoms with van der Waals surface area (Å²) >= 11 is 0. The van der Waals surface area contributed by atoms with Crippen LogP contribution in [0.1, 0.15) is 30.9 Å². The van der Waals surface area contributed by atoms with Crippen LogP contribution in [0.5, 0.6) is 0 Å². The monoisotopic (exact) mass is 354 g/mol. The van der Waals surface area contributed by atoms with Gasteiger partial charge in [-0.05, 0) is 38.1 Å². The van der Waals surface area contributed by atoms with E-state index in [1.165, 1.54) is 0 Å². The summed E-state index contributed by atoms with van der Waals surface area (Å²) in [5.74, 6) is 0.127. The molecule has 3 heterocycles. The lowest BCUT2D eigenvalue weighted by molar-refractivity contribution is -0.116. The number of aromatic nitrogens is 3. The van der Waals surface area contributed by atoms with Crippen LogP contribution in [0.25, 0.3) is 16.6 Å². The summed E-state index contributed by atoms with van der Waals surface area (Å²) in [5, 5.41) is 11.7. The minimum Gasteiger partial charge on any atom is -0.330 e. The van der Waals surface area contributed by atoms with E-state index in [1.807, 2.05) is 22.7 Å². The van der Waals surface area contributed by atoms with Gasteiger partial charge in [-0.1, -0.05) is 6.07 Å². The van der Waals surface area contributed by atoms with Crippen molar-refractivity contribution in [1.29, 1.82) is 0 Å². The molecule has 136 valence electrons. The average molecular weight is 354 g/mol. The molecule has 5 N–H and O–H groups in total. The maximum Gasteiger partial charge on any atom is 0.251 e. The molecule has 1 saturated heterocycles. The van der Waals surface area contributed by atoms with Gasteiger partial charge in [0.15, 0.2) is 0 Å². The van der Waals surface area contributed by atoms with Gasteiger partial charge in [-0.2, -0.15) is 5.10 Å². The predicted octanol–water partition coefficient (Wildman–Crippen LogP) is 0.930. The minimum absolute atomic E-state index is 0.156. The molecule has 1 fully saturated rings. The maximum atomic E-state index is 12.3. The van der Waals surface area contributed by atoms with Crippen LogP contribution in [0.4, 0.5) is 5.69 Å². The van der Waals surface area contributed by atoms with E-state index in [-0.39, 0.29) is 30.3 Å². The van der Waals surface area contributed by atoms with E-state index in [4.69, 9.17) is 10.8 Å². The molecule has 2 aromatic heterocycles. The lowest BCUT2D eigenvalue weighted by Gasteiger charge is -2.23. The zero-order chi connectivity index (χ0) is 18.1. The Morgan fingerprint density at radius 2 is 2.15 bits per heavy atom. The molecule has 4 rings (SSSR count). The lowest BCUT2D eigenvalue weighted by Crippen LogP contribution is -2.28.